The van der Waals surface area contributed by atoms with E-state index in [1.54, 1.807) is 0 Å². The molecule has 116 valence electrons. The number of nitrogens with zero attached hydrogens (tertiary/aromatic N) is 2. The highest BCUT2D eigenvalue weighted by Gasteiger charge is 2.12. The normalized spacial score (nSPS) is 10.5. The molecule has 0 bridgehead atoms. The molecule has 3 nitrogen and oxygen atoms in total. The van der Waals surface area contributed by atoms with E-state index in [4.69, 9.17) is 12.2 Å². The molecule has 0 amide bonds. The summed E-state index contributed by atoms with van der Waals surface area (Å²) >= 11 is 5.60. The van der Waals surface area contributed by atoms with Crippen molar-refractivity contribution in [2.45, 2.75) is 6.54 Å². The Morgan fingerprint density at radius 1 is 0.955 bits per heavy atom. The predicted octanol–water partition coefficient (Wildman–Crippen LogP) is 3.13. The molecule has 0 atom stereocenters. The van der Waals surface area contributed by atoms with Gasteiger partial charge in [0.15, 0.2) is 5.11 Å². The maximum atomic E-state index is 5.60. The lowest BCUT2D eigenvalue weighted by atomic mass is 10.2. The number of hydrogen-bond donors (Lipinski definition) is 1. The lowest BCUT2D eigenvalue weighted by molar-refractivity contribution is 0.412. The van der Waals surface area contributed by atoms with E-state index in [0.29, 0.717) is 0 Å². The fraction of sp³-hybridized carbons (Fsp3) is 0.278. The summed E-state index contributed by atoms with van der Waals surface area (Å²) in [6.07, 6.45) is 0. The fourth-order valence-electron chi connectivity index (χ4n) is 2.14. The first-order valence-electron chi connectivity index (χ1n) is 7.46. The summed E-state index contributed by atoms with van der Waals surface area (Å²) in [6, 6.07) is 20.7. The van der Waals surface area contributed by atoms with Crippen molar-refractivity contribution in [2.75, 3.05) is 32.1 Å². The van der Waals surface area contributed by atoms with Gasteiger partial charge < -0.3 is 15.1 Å². The van der Waals surface area contributed by atoms with Crippen LogP contribution in [-0.2, 0) is 6.54 Å². The van der Waals surface area contributed by atoms with Gasteiger partial charge in [0.2, 0.25) is 0 Å². The molecule has 0 aliphatic carbocycles. The first-order valence-corrected chi connectivity index (χ1v) is 7.86. The molecule has 22 heavy (non-hydrogen) atoms. The Morgan fingerprint density at radius 3 is 2.14 bits per heavy atom. The first kappa shape index (κ1) is 16.5. The van der Waals surface area contributed by atoms with Crippen LogP contribution in [0.2, 0.25) is 0 Å². The predicted molar refractivity (Wildman–Crippen MR) is 98.2 cm³/mol. The van der Waals surface area contributed by atoms with Crippen LogP contribution in [0.15, 0.2) is 60.7 Å². The number of thiocarbonyl (C=S) groups is 1. The van der Waals surface area contributed by atoms with Crippen LogP contribution >= 0.6 is 12.2 Å². The molecular formula is C18H23N3S. The Hall–Kier alpha value is -1.91. The lowest BCUT2D eigenvalue weighted by Gasteiger charge is -2.26. The highest BCUT2D eigenvalue weighted by atomic mass is 32.1. The Morgan fingerprint density at radius 2 is 1.55 bits per heavy atom. The summed E-state index contributed by atoms with van der Waals surface area (Å²) in [7, 11) is 4.12. The van der Waals surface area contributed by atoms with E-state index in [2.05, 4.69) is 65.6 Å². The maximum absolute atomic E-state index is 5.60. The molecule has 1 N–H and O–H groups in total. The van der Waals surface area contributed by atoms with Crippen LogP contribution in [0, 0.1) is 0 Å². The van der Waals surface area contributed by atoms with Crippen molar-refractivity contribution >= 4 is 23.0 Å². The van der Waals surface area contributed by atoms with E-state index in [9.17, 15) is 0 Å². The largest absolute Gasteiger partial charge is 0.361 e. The zero-order chi connectivity index (χ0) is 15.8. The summed E-state index contributed by atoms with van der Waals surface area (Å²) < 4.78 is 0. The molecule has 2 aromatic rings. The number of hydrogen-bond acceptors (Lipinski definition) is 2. The van der Waals surface area contributed by atoms with Gasteiger partial charge in [-0.05, 0) is 44.0 Å². The third kappa shape index (κ3) is 5.13. The molecule has 0 heterocycles. The van der Waals surface area contributed by atoms with Crippen LogP contribution in [0.5, 0.6) is 0 Å². The van der Waals surface area contributed by atoms with E-state index in [0.717, 1.165) is 30.4 Å². The van der Waals surface area contributed by atoms with Gasteiger partial charge in [-0.15, -0.1) is 0 Å². The topological polar surface area (TPSA) is 18.5 Å². The molecule has 0 unspecified atom stereocenters. The van der Waals surface area contributed by atoms with Crippen molar-refractivity contribution in [2.24, 2.45) is 0 Å². The summed E-state index contributed by atoms with van der Waals surface area (Å²) in [4.78, 5) is 4.28. The van der Waals surface area contributed by atoms with E-state index in [-0.39, 0.29) is 0 Å². The van der Waals surface area contributed by atoms with Crippen LogP contribution in [0.25, 0.3) is 0 Å². The number of anilines is 1. The Labute approximate surface area is 138 Å². The van der Waals surface area contributed by atoms with Crippen LogP contribution in [0.1, 0.15) is 5.56 Å². The number of para-hydroxylation sites is 1. The van der Waals surface area contributed by atoms with E-state index < -0.39 is 0 Å². The fourth-order valence-corrected chi connectivity index (χ4v) is 2.41. The summed E-state index contributed by atoms with van der Waals surface area (Å²) in [5.74, 6) is 0. The first-order chi connectivity index (χ1) is 10.7. The van der Waals surface area contributed by atoms with Gasteiger partial charge in [0.1, 0.15) is 0 Å². The second-order valence-corrected chi connectivity index (χ2v) is 5.83. The molecule has 2 rings (SSSR count). The summed E-state index contributed by atoms with van der Waals surface area (Å²) in [6.45, 7) is 2.55. The van der Waals surface area contributed by atoms with Gasteiger partial charge in [0.25, 0.3) is 0 Å². The molecule has 0 aromatic heterocycles. The third-order valence-electron chi connectivity index (χ3n) is 3.33. The number of benzene rings is 2. The molecule has 0 fully saturated rings. The standard InChI is InChI=1S/C18H23N3S/c1-20(2)14-13-19-18(22)21(17-11-7-4-8-12-17)15-16-9-5-3-6-10-16/h3-12H,13-15H2,1-2H3,(H,19,22). The third-order valence-corrected chi connectivity index (χ3v) is 3.70. The Balaban J connectivity index is 2.10. The molecule has 4 heteroatoms. The van der Waals surface area contributed by atoms with Crippen molar-refractivity contribution in [3.63, 3.8) is 0 Å². The smallest absolute Gasteiger partial charge is 0.173 e. The van der Waals surface area contributed by atoms with Crippen LogP contribution in [0.3, 0.4) is 0 Å². The molecular weight excluding hydrogens is 290 g/mol. The van der Waals surface area contributed by atoms with Gasteiger partial charge in [0.05, 0.1) is 6.54 Å². The van der Waals surface area contributed by atoms with Crippen LogP contribution in [-0.4, -0.2) is 37.2 Å². The van der Waals surface area contributed by atoms with Gasteiger partial charge in [0, 0.05) is 18.8 Å². The number of likely N-dealkylation sites (N-methyl/N-ethyl adjacent to an activating group) is 1. The average Bonchev–Trinajstić information content (AvgIpc) is 2.54. The van der Waals surface area contributed by atoms with Crippen molar-refractivity contribution in [1.29, 1.82) is 0 Å². The van der Waals surface area contributed by atoms with E-state index >= 15 is 0 Å². The SMILES string of the molecule is CN(C)CCNC(=S)N(Cc1ccccc1)c1ccccc1. The van der Waals surface area contributed by atoms with Crippen molar-refractivity contribution < 1.29 is 0 Å². The van der Waals surface area contributed by atoms with Crippen LogP contribution < -0.4 is 10.2 Å². The van der Waals surface area contributed by atoms with Gasteiger partial charge >= 0.3 is 0 Å². The highest BCUT2D eigenvalue weighted by molar-refractivity contribution is 7.80. The molecule has 0 radical (unpaired) electrons. The van der Waals surface area contributed by atoms with Crippen molar-refractivity contribution in [1.82, 2.24) is 10.2 Å². The summed E-state index contributed by atoms with van der Waals surface area (Å²) in [5, 5.41) is 4.11. The number of nitrogens with one attached hydrogen (secondary N) is 1. The Kier molecular flexibility index (Phi) is 6.37. The summed E-state index contributed by atoms with van der Waals surface area (Å²) in [5.41, 5.74) is 2.34. The quantitative estimate of drug-likeness (QED) is 0.826. The minimum atomic E-state index is 0.761. The van der Waals surface area contributed by atoms with Gasteiger partial charge in [-0.2, -0.15) is 0 Å². The minimum absolute atomic E-state index is 0.761. The van der Waals surface area contributed by atoms with Crippen LogP contribution in [0.4, 0.5) is 5.69 Å². The second kappa shape index (κ2) is 8.51. The molecule has 0 saturated carbocycles. The van der Waals surface area contributed by atoms with E-state index in [1.165, 1.54) is 5.56 Å². The van der Waals surface area contributed by atoms with Gasteiger partial charge in [-0.3, -0.25) is 0 Å². The minimum Gasteiger partial charge on any atom is -0.361 e. The second-order valence-electron chi connectivity index (χ2n) is 5.44. The molecule has 2 aromatic carbocycles. The van der Waals surface area contributed by atoms with Gasteiger partial charge in [-0.1, -0.05) is 48.5 Å². The lowest BCUT2D eigenvalue weighted by Crippen LogP contribution is -2.41. The van der Waals surface area contributed by atoms with Crippen molar-refractivity contribution in [3.8, 4) is 0 Å². The van der Waals surface area contributed by atoms with Crippen molar-refractivity contribution in [3.05, 3.63) is 66.2 Å². The van der Waals surface area contributed by atoms with E-state index in [1.807, 2.05) is 24.3 Å². The molecule has 0 aliphatic rings. The zero-order valence-corrected chi connectivity index (χ0v) is 14.0. The van der Waals surface area contributed by atoms with Gasteiger partial charge in [-0.25, -0.2) is 0 Å². The average molecular weight is 313 g/mol. The molecule has 0 saturated heterocycles. The molecule has 0 aliphatic heterocycles. The molecule has 0 spiro atoms. The Bertz CT molecular complexity index is 569. The number of rotatable bonds is 6. The highest BCUT2D eigenvalue weighted by Crippen LogP contribution is 2.17. The maximum Gasteiger partial charge on any atom is 0.173 e. The zero-order valence-electron chi connectivity index (χ0n) is 13.2. The monoisotopic (exact) mass is 313 g/mol.